The fourth-order valence-corrected chi connectivity index (χ4v) is 15.3. The van der Waals surface area contributed by atoms with E-state index in [2.05, 4.69) is 96.3 Å². The van der Waals surface area contributed by atoms with Gasteiger partial charge in [0.25, 0.3) is 5.91 Å². The van der Waals surface area contributed by atoms with Crippen LogP contribution in [0.15, 0.2) is 162 Å². The zero-order chi connectivity index (χ0) is 54.5. The summed E-state index contributed by atoms with van der Waals surface area (Å²) in [6.07, 6.45) is 16.3. The molecule has 0 saturated heterocycles. The molecule has 5 aromatic carbocycles. The van der Waals surface area contributed by atoms with Gasteiger partial charge in [-0.15, -0.1) is 11.6 Å². The van der Waals surface area contributed by atoms with Crippen molar-refractivity contribution < 1.29 is 28.7 Å². The highest BCUT2D eigenvalue weighted by Gasteiger charge is 2.44. The first-order valence-electron chi connectivity index (χ1n) is 27.9. The predicted octanol–water partition coefficient (Wildman–Crippen LogP) is 11.7. The van der Waals surface area contributed by atoms with Crippen molar-refractivity contribution in [2.45, 2.75) is 89.5 Å². The summed E-state index contributed by atoms with van der Waals surface area (Å²) in [6, 6.07) is 50.0. The van der Waals surface area contributed by atoms with Crippen molar-refractivity contribution in [2.24, 2.45) is 10.9 Å². The molecular weight excluding hydrogens is 1010 g/mol. The normalized spacial score (nSPS) is 16.3. The minimum Gasteiger partial charge on any atom is -0.379 e. The van der Waals surface area contributed by atoms with Crippen molar-refractivity contribution in [3.63, 3.8) is 0 Å². The van der Waals surface area contributed by atoms with Crippen LogP contribution in [-0.2, 0) is 23.9 Å². The number of carbonyl (C=O) groups excluding carboxylic acids is 4. The number of amides is 2. The molecule has 6 aromatic rings. The number of carbonyl (C=O) groups is 4. The minimum absolute atomic E-state index is 0.0241. The van der Waals surface area contributed by atoms with E-state index in [1.54, 1.807) is 16.7 Å². The molecule has 1 aromatic heterocycles. The van der Waals surface area contributed by atoms with E-state index in [-0.39, 0.29) is 41.8 Å². The fraction of sp³-hybridized carbons (Fsp3) is 0.369. The summed E-state index contributed by atoms with van der Waals surface area (Å²) in [6.45, 7) is 2.09. The summed E-state index contributed by atoms with van der Waals surface area (Å²) in [7, 11) is 1.89. The summed E-state index contributed by atoms with van der Waals surface area (Å²) in [5, 5.41) is 8.04. The van der Waals surface area contributed by atoms with Gasteiger partial charge in [-0.25, -0.2) is 4.99 Å². The highest BCUT2D eigenvalue weighted by atomic mass is 35.5. The van der Waals surface area contributed by atoms with Gasteiger partial charge in [0.15, 0.2) is 0 Å². The summed E-state index contributed by atoms with van der Waals surface area (Å²) < 4.78 is 13.1. The third-order valence-corrected chi connectivity index (χ3v) is 19.7. The van der Waals surface area contributed by atoms with E-state index in [0.29, 0.717) is 88.6 Å². The van der Waals surface area contributed by atoms with Crippen molar-refractivity contribution in [3.8, 4) is 0 Å². The summed E-state index contributed by atoms with van der Waals surface area (Å²) in [5.41, 5.74) is 3.48. The Kier molecular flexibility index (Phi) is 21.8. The van der Waals surface area contributed by atoms with Crippen LogP contribution in [0.2, 0.25) is 0 Å². The largest absolute Gasteiger partial charge is 0.379 e. The van der Waals surface area contributed by atoms with Gasteiger partial charge in [-0.3, -0.25) is 28.6 Å². The number of unbranched alkanes of at least 4 members (excludes halogenated alkanes) is 4. The molecule has 408 valence electrons. The molecule has 0 unspecified atom stereocenters. The average Bonchev–Trinajstić information content (AvgIpc) is 4.12. The number of hydrogen-bond acceptors (Lipinski definition) is 8. The first kappa shape index (κ1) is 57.7. The maximum absolute atomic E-state index is 14.6. The number of nitrogens with zero attached hydrogens (tertiary/aromatic N) is 4. The molecule has 11 nitrogen and oxygen atoms in total. The molecule has 2 amide bonds. The second-order valence-electron chi connectivity index (χ2n) is 20.6. The summed E-state index contributed by atoms with van der Waals surface area (Å²) in [4.78, 5) is 64.2. The molecule has 8 rings (SSSR count). The number of anilines is 1. The first-order valence-corrected chi connectivity index (χ1v) is 30.5. The zero-order valence-electron chi connectivity index (χ0n) is 45.4. The van der Waals surface area contributed by atoms with Crippen LogP contribution in [-0.4, -0.2) is 104 Å². The van der Waals surface area contributed by atoms with Gasteiger partial charge in [0.2, 0.25) is 11.8 Å². The van der Waals surface area contributed by atoms with Crippen LogP contribution in [0.25, 0.3) is 23.1 Å². The number of ketones is 1. The van der Waals surface area contributed by atoms with Crippen molar-refractivity contribution in [3.05, 3.63) is 169 Å². The standard InChI is InChI=1S/C65H75ClN5O6P/c1-69(2)54-37-31-50(32-38-54)47-59-65(75)70(49-63(73)67-53-35-33-51(34-36-53)61(72)29-20-43-77-45-44-76-42-18-4-3-17-41-66)62(68-59)40-39-55-48-52-21-14-15-28-60(52)71(55)64(74)30-16-19-46-78(56-22-8-5-9-23-56,57-24-10-6-11-25-57)58-26-12-7-13-27-58/h5-15,21-28,31-32,37-40,47-48,51,53H,3-4,16-20,29-30,33-36,41-46,49H2,1-2H3/p+1/b40-39+,59-47+. The van der Waals surface area contributed by atoms with Crippen LogP contribution in [0, 0.1) is 5.92 Å². The number of hydrogen-bond donors (Lipinski definition) is 1. The lowest BCUT2D eigenvalue weighted by Gasteiger charge is -2.29. The quantitative estimate of drug-likeness (QED) is 0.0215. The number of alkyl halides is 1. The molecule has 0 spiro atoms. The number of aliphatic imine (C=N–C) groups is 1. The van der Waals surface area contributed by atoms with Crippen LogP contribution in [0.3, 0.4) is 0 Å². The average molecular weight is 1090 g/mol. The molecule has 1 aliphatic heterocycles. The number of ether oxygens (including phenoxy) is 2. The van der Waals surface area contributed by atoms with Gasteiger partial charge in [0, 0.05) is 74.8 Å². The van der Waals surface area contributed by atoms with Crippen LogP contribution in [0.1, 0.15) is 99.5 Å². The SMILES string of the molecule is CN(C)c1ccc(/C=C2N=C(/C=C/c3cc4ccccc4n3C(=O)CCCC[P+](c3ccccc3)(c3ccccc3)c3ccccc3)N(CC(=O)NC3CCC(C(=O)CCCOCCOCCCCCCCl)CC3)C/2=O)cc1. The van der Waals surface area contributed by atoms with E-state index < -0.39 is 13.2 Å². The number of amidine groups is 1. The molecule has 2 heterocycles. The van der Waals surface area contributed by atoms with Crippen molar-refractivity contribution in [1.29, 1.82) is 0 Å². The van der Waals surface area contributed by atoms with Gasteiger partial charge in [0.05, 0.1) is 24.9 Å². The summed E-state index contributed by atoms with van der Waals surface area (Å²) >= 11 is 5.74. The van der Waals surface area contributed by atoms with Crippen molar-refractivity contribution in [1.82, 2.24) is 14.8 Å². The Morgan fingerprint density at radius 1 is 0.679 bits per heavy atom. The number of rotatable bonds is 29. The Morgan fingerprint density at radius 3 is 1.91 bits per heavy atom. The van der Waals surface area contributed by atoms with Crippen LogP contribution < -0.4 is 26.1 Å². The van der Waals surface area contributed by atoms with Crippen LogP contribution in [0.5, 0.6) is 0 Å². The Hall–Kier alpha value is -6.49. The smallest absolute Gasteiger partial charge is 0.278 e. The Balaban J connectivity index is 0.919. The lowest BCUT2D eigenvalue weighted by atomic mass is 9.82. The van der Waals surface area contributed by atoms with E-state index >= 15 is 0 Å². The van der Waals surface area contributed by atoms with Crippen molar-refractivity contribution in [2.75, 3.05) is 64.0 Å². The van der Waals surface area contributed by atoms with E-state index in [9.17, 15) is 19.2 Å². The Labute approximate surface area is 467 Å². The fourth-order valence-electron chi connectivity index (χ4n) is 10.7. The Bertz CT molecular complexity index is 2890. The van der Waals surface area contributed by atoms with Crippen LogP contribution >= 0.6 is 18.9 Å². The Morgan fingerprint density at radius 2 is 1.28 bits per heavy atom. The third-order valence-electron chi connectivity index (χ3n) is 14.9. The van der Waals surface area contributed by atoms with Gasteiger partial charge in [0.1, 0.15) is 47.0 Å². The second kappa shape index (κ2) is 29.5. The molecule has 0 atom stereocenters. The molecule has 13 heteroatoms. The predicted molar refractivity (Wildman–Crippen MR) is 322 cm³/mol. The number of halogens is 1. The molecule has 1 aliphatic carbocycles. The molecule has 0 radical (unpaired) electrons. The number of nitrogens with one attached hydrogen (secondary N) is 1. The molecule has 2 aliphatic rings. The zero-order valence-corrected chi connectivity index (χ0v) is 47.1. The van der Waals surface area contributed by atoms with E-state index in [0.717, 1.165) is 67.0 Å². The van der Waals surface area contributed by atoms with Gasteiger partial charge in [-0.05, 0) is 142 Å². The minimum atomic E-state index is -2.06. The number of Topliss-reactive ketones (excluding diaryl/α,β-unsaturated/α-hetero) is 1. The number of para-hydroxylation sites is 1. The van der Waals surface area contributed by atoms with E-state index in [4.69, 9.17) is 26.1 Å². The third kappa shape index (κ3) is 15.4. The number of fused-ring (bicyclic) bond motifs is 1. The maximum Gasteiger partial charge on any atom is 0.278 e. The monoisotopic (exact) mass is 1090 g/mol. The molecule has 78 heavy (non-hydrogen) atoms. The van der Waals surface area contributed by atoms with Crippen LogP contribution in [0.4, 0.5) is 5.69 Å². The highest BCUT2D eigenvalue weighted by Crippen LogP contribution is 2.56. The molecular formula is C65H76ClN5O6P+. The maximum atomic E-state index is 14.6. The lowest BCUT2D eigenvalue weighted by Crippen LogP contribution is -2.45. The van der Waals surface area contributed by atoms with E-state index in [1.807, 2.05) is 79.7 Å². The van der Waals surface area contributed by atoms with Gasteiger partial charge in [-0.2, -0.15) is 0 Å². The highest BCUT2D eigenvalue weighted by molar-refractivity contribution is 7.95. The molecule has 1 fully saturated rings. The van der Waals surface area contributed by atoms with E-state index in [1.165, 1.54) is 20.8 Å². The summed E-state index contributed by atoms with van der Waals surface area (Å²) in [5.74, 6) is 0.509. The number of benzene rings is 5. The molecule has 0 bridgehead atoms. The second-order valence-corrected chi connectivity index (χ2v) is 24.6. The molecule has 1 saturated carbocycles. The van der Waals surface area contributed by atoms with Crippen molar-refractivity contribution >= 4 is 92.9 Å². The first-order chi connectivity index (χ1) is 38.1. The molecule has 1 N–H and O–H groups in total. The topological polar surface area (TPSA) is 123 Å². The van der Waals surface area contributed by atoms with Gasteiger partial charge in [-0.1, -0.05) is 97.8 Å². The lowest BCUT2D eigenvalue weighted by molar-refractivity contribution is -0.129. The number of aromatic nitrogens is 1. The van der Waals surface area contributed by atoms with Gasteiger partial charge >= 0.3 is 0 Å². The van der Waals surface area contributed by atoms with Gasteiger partial charge < -0.3 is 19.7 Å².